The van der Waals surface area contributed by atoms with Crippen molar-refractivity contribution in [1.82, 2.24) is 9.71 Å². The minimum absolute atomic E-state index is 0.0739. The molecule has 2 unspecified atom stereocenters. The highest BCUT2D eigenvalue weighted by atomic mass is 32.2. The fourth-order valence-electron chi connectivity index (χ4n) is 1.97. The molecule has 1 aliphatic heterocycles. The number of nitrogens with zero attached hydrogens (tertiary/aromatic N) is 1. The maximum absolute atomic E-state index is 12.0. The van der Waals surface area contributed by atoms with Gasteiger partial charge in [-0.3, -0.25) is 0 Å². The van der Waals surface area contributed by atoms with E-state index in [1.54, 1.807) is 6.92 Å². The van der Waals surface area contributed by atoms with Gasteiger partial charge < -0.3 is 9.84 Å². The van der Waals surface area contributed by atoms with Crippen molar-refractivity contribution in [2.75, 3.05) is 12.4 Å². The summed E-state index contributed by atoms with van der Waals surface area (Å²) in [6.45, 7) is 2.24. The molecule has 7 nitrogen and oxygen atoms in total. The first kappa shape index (κ1) is 15.4. The van der Waals surface area contributed by atoms with E-state index in [1.165, 1.54) is 5.38 Å². The van der Waals surface area contributed by atoms with Crippen LogP contribution in [0.25, 0.3) is 0 Å². The molecule has 0 amide bonds. The number of aromatic carboxylic acids is 1. The van der Waals surface area contributed by atoms with Gasteiger partial charge in [-0.15, -0.1) is 11.3 Å². The molecule has 112 valence electrons. The van der Waals surface area contributed by atoms with Crippen LogP contribution in [-0.2, 0) is 14.8 Å². The van der Waals surface area contributed by atoms with Crippen LogP contribution < -0.4 is 4.72 Å². The van der Waals surface area contributed by atoms with Gasteiger partial charge in [0.2, 0.25) is 10.0 Å². The molecule has 0 spiro atoms. The van der Waals surface area contributed by atoms with Crippen molar-refractivity contribution in [1.29, 1.82) is 0 Å². The van der Waals surface area contributed by atoms with Crippen molar-refractivity contribution in [3.8, 4) is 0 Å². The van der Waals surface area contributed by atoms with E-state index < -0.39 is 22.0 Å². The van der Waals surface area contributed by atoms with Crippen molar-refractivity contribution in [3.05, 3.63) is 16.1 Å². The summed E-state index contributed by atoms with van der Waals surface area (Å²) < 4.78 is 31.8. The highest BCUT2D eigenvalue weighted by Crippen LogP contribution is 2.20. The Morgan fingerprint density at radius 1 is 1.70 bits per heavy atom. The van der Waals surface area contributed by atoms with E-state index >= 15 is 0 Å². The Labute approximate surface area is 121 Å². The third-order valence-electron chi connectivity index (χ3n) is 2.90. The van der Waals surface area contributed by atoms with Gasteiger partial charge in [0.15, 0.2) is 5.69 Å². The van der Waals surface area contributed by atoms with Crippen LogP contribution >= 0.6 is 11.3 Å². The molecule has 0 bridgehead atoms. The zero-order valence-corrected chi connectivity index (χ0v) is 12.5. The zero-order chi connectivity index (χ0) is 14.8. The molecule has 2 N–H and O–H groups in total. The SMILES string of the molecule is CC(NS(=O)(=O)CC1CCCO1)c1nc(C(=O)O)cs1. The van der Waals surface area contributed by atoms with E-state index in [4.69, 9.17) is 9.84 Å². The summed E-state index contributed by atoms with van der Waals surface area (Å²) in [7, 11) is -3.48. The molecule has 0 radical (unpaired) electrons. The Morgan fingerprint density at radius 2 is 2.45 bits per heavy atom. The Bertz CT molecular complexity index is 577. The maximum atomic E-state index is 12.0. The lowest BCUT2D eigenvalue weighted by molar-refractivity contribution is 0.0691. The van der Waals surface area contributed by atoms with Crippen molar-refractivity contribution < 1.29 is 23.1 Å². The number of thiazole rings is 1. The highest BCUT2D eigenvalue weighted by molar-refractivity contribution is 7.89. The number of aromatic nitrogens is 1. The molecule has 1 aliphatic rings. The van der Waals surface area contributed by atoms with Crippen LogP contribution in [0.1, 0.15) is 41.3 Å². The smallest absolute Gasteiger partial charge is 0.355 e. The monoisotopic (exact) mass is 320 g/mol. The van der Waals surface area contributed by atoms with E-state index in [0.717, 1.165) is 24.2 Å². The van der Waals surface area contributed by atoms with E-state index in [2.05, 4.69) is 9.71 Å². The Hall–Kier alpha value is -1.03. The molecule has 2 atom stereocenters. The first-order valence-electron chi connectivity index (χ1n) is 6.18. The summed E-state index contributed by atoms with van der Waals surface area (Å²) in [5.74, 6) is -1.20. The first-order valence-corrected chi connectivity index (χ1v) is 8.71. The fourth-order valence-corrected chi connectivity index (χ4v) is 4.35. The number of nitrogens with one attached hydrogen (secondary N) is 1. The lowest BCUT2D eigenvalue weighted by atomic mass is 10.3. The summed E-state index contributed by atoms with van der Waals surface area (Å²) in [6, 6.07) is -0.556. The number of carboxylic acid groups (broad SMARTS) is 1. The van der Waals surface area contributed by atoms with Crippen molar-refractivity contribution in [2.24, 2.45) is 0 Å². The number of hydrogen-bond donors (Lipinski definition) is 2. The molecule has 1 aromatic heterocycles. The number of carboxylic acids is 1. The van der Waals surface area contributed by atoms with Crippen LogP contribution in [0.5, 0.6) is 0 Å². The van der Waals surface area contributed by atoms with Gasteiger partial charge in [-0.25, -0.2) is 22.9 Å². The molecular formula is C11H16N2O5S2. The van der Waals surface area contributed by atoms with Crippen LogP contribution in [0.3, 0.4) is 0 Å². The summed E-state index contributed by atoms with van der Waals surface area (Å²) in [5, 5.41) is 10.6. The van der Waals surface area contributed by atoms with E-state index in [1.807, 2.05) is 0 Å². The summed E-state index contributed by atoms with van der Waals surface area (Å²) in [4.78, 5) is 14.6. The number of sulfonamides is 1. The first-order chi connectivity index (χ1) is 9.37. The molecule has 2 rings (SSSR count). The van der Waals surface area contributed by atoms with Gasteiger partial charge in [0.25, 0.3) is 0 Å². The van der Waals surface area contributed by atoms with Crippen LogP contribution in [0, 0.1) is 0 Å². The fraction of sp³-hybridized carbons (Fsp3) is 0.636. The number of carbonyl (C=O) groups is 1. The van der Waals surface area contributed by atoms with Gasteiger partial charge in [0.1, 0.15) is 5.01 Å². The van der Waals surface area contributed by atoms with Crippen LogP contribution in [-0.4, -0.2) is 42.9 Å². The molecule has 1 aromatic rings. The van der Waals surface area contributed by atoms with Gasteiger partial charge in [0.05, 0.1) is 17.9 Å². The van der Waals surface area contributed by atoms with Crippen LogP contribution in [0.15, 0.2) is 5.38 Å². The van der Waals surface area contributed by atoms with Crippen LogP contribution in [0.2, 0.25) is 0 Å². The lowest BCUT2D eigenvalue weighted by Crippen LogP contribution is -2.33. The standard InChI is InChI=1S/C11H16N2O5S2/c1-7(10-12-9(5-19-10)11(14)15)13-20(16,17)6-8-3-2-4-18-8/h5,7-8,13H,2-4,6H2,1H3,(H,14,15). The van der Waals surface area contributed by atoms with Crippen molar-refractivity contribution in [3.63, 3.8) is 0 Å². The average Bonchev–Trinajstić information content (AvgIpc) is 2.96. The number of hydrogen-bond acceptors (Lipinski definition) is 6. The third-order valence-corrected chi connectivity index (χ3v) is 5.45. The van der Waals surface area contributed by atoms with Gasteiger partial charge in [-0.05, 0) is 19.8 Å². The summed E-state index contributed by atoms with van der Waals surface area (Å²) >= 11 is 1.12. The average molecular weight is 320 g/mol. The second-order valence-corrected chi connectivity index (χ2v) is 7.32. The highest BCUT2D eigenvalue weighted by Gasteiger charge is 2.25. The van der Waals surface area contributed by atoms with Crippen LogP contribution in [0.4, 0.5) is 0 Å². The second-order valence-electron chi connectivity index (χ2n) is 4.63. The minimum Gasteiger partial charge on any atom is -0.476 e. The summed E-state index contributed by atoms with van der Waals surface area (Å²) in [5.41, 5.74) is -0.0739. The number of rotatable bonds is 6. The molecule has 0 aromatic carbocycles. The topological polar surface area (TPSA) is 106 Å². The molecule has 1 fully saturated rings. The Kier molecular flexibility index (Phi) is 4.74. The maximum Gasteiger partial charge on any atom is 0.355 e. The molecule has 9 heteroatoms. The molecule has 20 heavy (non-hydrogen) atoms. The number of ether oxygens (including phenoxy) is 1. The molecule has 2 heterocycles. The van der Waals surface area contributed by atoms with Crippen molar-refractivity contribution >= 4 is 27.3 Å². The Balaban J connectivity index is 1.98. The predicted molar refractivity (Wildman–Crippen MR) is 73.4 cm³/mol. The predicted octanol–water partition coefficient (Wildman–Crippen LogP) is 1.00. The van der Waals surface area contributed by atoms with Gasteiger partial charge in [-0.2, -0.15) is 0 Å². The van der Waals surface area contributed by atoms with Gasteiger partial charge in [0, 0.05) is 12.0 Å². The van der Waals surface area contributed by atoms with Gasteiger partial charge in [-0.1, -0.05) is 0 Å². The normalized spacial score (nSPS) is 20.9. The zero-order valence-electron chi connectivity index (χ0n) is 10.9. The molecule has 0 aliphatic carbocycles. The minimum atomic E-state index is -3.48. The van der Waals surface area contributed by atoms with Gasteiger partial charge >= 0.3 is 5.97 Å². The third kappa shape index (κ3) is 3.98. The molecule has 0 saturated carbocycles. The second kappa shape index (κ2) is 6.17. The Morgan fingerprint density at radius 3 is 3.00 bits per heavy atom. The van der Waals surface area contributed by atoms with E-state index in [9.17, 15) is 13.2 Å². The molecule has 1 saturated heterocycles. The largest absolute Gasteiger partial charge is 0.476 e. The van der Waals surface area contributed by atoms with E-state index in [-0.39, 0.29) is 17.6 Å². The summed E-state index contributed by atoms with van der Waals surface area (Å²) in [6.07, 6.45) is 1.37. The van der Waals surface area contributed by atoms with Crippen molar-refractivity contribution in [2.45, 2.75) is 31.9 Å². The quantitative estimate of drug-likeness (QED) is 0.810. The lowest BCUT2D eigenvalue weighted by Gasteiger charge is -2.14. The van der Waals surface area contributed by atoms with E-state index in [0.29, 0.717) is 11.6 Å². The molecular weight excluding hydrogens is 304 g/mol.